The van der Waals surface area contributed by atoms with Crippen molar-refractivity contribution >= 4 is 29.2 Å². The number of halogens is 2. The minimum atomic E-state index is -0.963. The standard InChI is InChI=1S/C26H23F2N3O2/c1-14-21(29-15(2)22(14)26(33)31-11-3-4-12-31)13-18-23-16(7-6-10-20(23)30-25(18)32)17-8-5-9-19(27)24(17)28/h5-10,13,29H,3-4,11-12H2,1-2H3,(H,30,32)/b18-13-. The van der Waals surface area contributed by atoms with Crippen molar-refractivity contribution in [2.75, 3.05) is 18.4 Å². The van der Waals surface area contributed by atoms with Crippen molar-refractivity contribution in [1.29, 1.82) is 0 Å². The molecule has 5 nitrogen and oxygen atoms in total. The second kappa shape index (κ2) is 7.99. The Bertz CT molecular complexity index is 1330. The van der Waals surface area contributed by atoms with Gasteiger partial charge < -0.3 is 15.2 Å². The van der Waals surface area contributed by atoms with Gasteiger partial charge in [0.2, 0.25) is 0 Å². The van der Waals surface area contributed by atoms with Gasteiger partial charge >= 0.3 is 0 Å². The lowest BCUT2D eigenvalue weighted by Gasteiger charge is -2.15. The lowest BCUT2D eigenvalue weighted by Crippen LogP contribution is -2.28. The summed E-state index contributed by atoms with van der Waals surface area (Å²) in [7, 11) is 0. The predicted molar refractivity (Wildman–Crippen MR) is 124 cm³/mol. The molecule has 0 saturated carbocycles. The van der Waals surface area contributed by atoms with Gasteiger partial charge in [0.1, 0.15) is 0 Å². The molecule has 0 spiro atoms. The number of likely N-dealkylation sites (tertiary alicyclic amines) is 1. The van der Waals surface area contributed by atoms with Crippen LogP contribution < -0.4 is 5.32 Å². The number of benzene rings is 2. The Hall–Kier alpha value is -3.74. The third kappa shape index (κ3) is 3.44. The van der Waals surface area contributed by atoms with Crippen molar-refractivity contribution in [3.05, 3.63) is 76.1 Å². The second-order valence-electron chi connectivity index (χ2n) is 8.50. The number of hydrogen-bond donors (Lipinski definition) is 2. The molecule has 2 N–H and O–H groups in total. The Morgan fingerprint density at radius 2 is 1.73 bits per heavy atom. The number of H-pyrrole nitrogens is 1. The molecule has 0 radical (unpaired) electrons. The van der Waals surface area contributed by atoms with Crippen LogP contribution in [0.3, 0.4) is 0 Å². The highest BCUT2D eigenvalue weighted by Gasteiger charge is 2.30. The molecule has 2 aliphatic rings. The summed E-state index contributed by atoms with van der Waals surface area (Å²) in [4.78, 5) is 31.0. The Morgan fingerprint density at radius 3 is 2.48 bits per heavy atom. The quantitative estimate of drug-likeness (QED) is 0.535. The fraction of sp³-hybridized carbons (Fsp3) is 0.231. The second-order valence-corrected chi connectivity index (χ2v) is 8.50. The lowest BCUT2D eigenvalue weighted by molar-refractivity contribution is -0.110. The molecule has 2 amide bonds. The van der Waals surface area contributed by atoms with Crippen LogP contribution in [0.2, 0.25) is 0 Å². The highest BCUT2D eigenvalue weighted by Crippen LogP contribution is 2.41. The van der Waals surface area contributed by atoms with E-state index in [1.807, 2.05) is 18.7 Å². The number of nitrogens with one attached hydrogen (secondary N) is 2. The molecule has 7 heteroatoms. The molecule has 2 aliphatic heterocycles. The molecule has 3 heterocycles. The first-order chi connectivity index (χ1) is 15.9. The average molecular weight is 447 g/mol. The number of rotatable bonds is 3. The molecule has 1 aromatic heterocycles. The maximum atomic E-state index is 14.6. The van der Waals surface area contributed by atoms with Gasteiger partial charge in [-0.05, 0) is 56.0 Å². The van der Waals surface area contributed by atoms with E-state index in [1.54, 1.807) is 24.3 Å². The zero-order chi connectivity index (χ0) is 23.3. The smallest absolute Gasteiger partial charge is 0.256 e. The minimum Gasteiger partial charge on any atom is -0.358 e. The van der Waals surface area contributed by atoms with E-state index in [4.69, 9.17) is 0 Å². The molecule has 33 heavy (non-hydrogen) atoms. The lowest BCUT2D eigenvalue weighted by atomic mass is 9.93. The molecular weight excluding hydrogens is 424 g/mol. The highest BCUT2D eigenvalue weighted by molar-refractivity contribution is 6.36. The third-order valence-electron chi connectivity index (χ3n) is 6.44. The molecule has 1 saturated heterocycles. The van der Waals surface area contributed by atoms with Gasteiger partial charge in [-0.3, -0.25) is 9.59 Å². The van der Waals surface area contributed by atoms with E-state index < -0.39 is 11.6 Å². The van der Waals surface area contributed by atoms with Crippen LogP contribution in [0.25, 0.3) is 22.8 Å². The van der Waals surface area contributed by atoms with Crippen LogP contribution in [0.4, 0.5) is 14.5 Å². The molecular formula is C26H23F2N3O2. The number of carbonyl (C=O) groups is 2. The first-order valence-electron chi connectivity index (χ1n) is 11.0. The van der Waals surface area contributed by atoms with Crippen molar-refractivity contribution in [3.8, 4) is 11.1 Å². The molecule has 0 aliphatic carbocycles. The van der Waals surface area contributed by atoms with Crippen LogP contribution in [0, 0.1) is 25.5 Å². The number of nitrogens with zero attached hydrogens (tertiary/aromatic N) is 1. The first-order valence-corrected chi connectivity index (χ1v) is 11.0. The average Bonchev–Trinajstić information content (AvgIpc) is 3.49. The van der Waals surface area contributed by atoms with Crippen LogP contribution in [0.1, 0.15) is 45.7 Å². The van der Waals surface area contributed by atoms with Crippen molar-refractivity contribution < 1.29 is 18.4 Å². The zero-order valence-corrected chi connectivity index (χ0v) is 18.4. The Balaban J connectivity index is 1.63. The van der Waals surface area contributed by atoms with Crippen LogP contribution in [-0.4, -0.2) is 34.8 Å². The highest BCUT2D eigenvalue weighted by atomic mass is 19.2. The fourth-order valence-electron chi connectivity index (χ4n) is 4.79. The Kier molecular flexibility index (Phi) is 5.12. The molecule has 3 aromatic rings. The van der Waals surface area contributed by atoms with Gasteiger partial charge in [0.05, 0.1) is 11.1 Å². The monoisotopic (exact) mass is 447 g/mol. The molecule has 1 fully saturated rings. The van der Waals surface area contributed by atoms with Gasteiger partial charge in [0.15, 0.2) is 11.6 Å². The summed E-state index contributed by atoms with van der Waals surface area (Å²) in [6.45, 7) is 5.19. The molecule has 168 valence electrons. The van der Waals surface area contributed by atoms with E-state index in [-0.39, 0.29) is 17.4 Å². The van der Waals surface area contributed by atoms with Crippen LogP contribution >= 0.6 is 0 Å². The van der Waals surface area contributed by atoms with Crippen molar-refractivity contribution in [3.63, 3.8) is 0 Å². The SMILES string of the molecule is Cc1[nH]c(/C=C2\C(=O)Nc3cccc(-c4cccc(F)c4F)c32)c(C)c1C(=O)N1CCCC1. The number of hydrogen-bond acceptors (Lipinski definition) is 2. The van der Waals surface area contributed by atoms with Crippen molar-refractivity contribution in [1.82, 2.24) is 9.88 Å². The number of aryl methyl sites for hydroxylation is 1. The van der Waals surface area contributed by atoms with E-state index in [0.29, 0.717) is 33.6 Å². The molecule has 5 rings (SSSR count). The van der Waals surface area contributed by atoms with Gasteiger partial charge in [-0.25, -0.2) is 8.78 Å². The van der Waals surface area contributed by atoms with Gasteiger partial charge in [0.25, 0.3) is 11.8 Å². The molecule has 0 unspecified atom stereocenters. The topological polar surface area (TPSA) is 65.2 Å². The first kappa shape index (κ1) is 21.1. The molecule has 2 aromatic carbocycles. The summed E-state index contributed by atoms with van der Waals surface area (Å²) in [5.41, 5.74) is 4.62. The number of aromatic amines is 1. The Labute approximate surface area is 190 Å². The summed E-state index contributed by atoms with van der Waals surface area (Å²) in [5.74, 6) is -2.26. The van der Waals surface area contributed by atoms with E-state index in [0.717, 1.165) is 43.3 Å². The molecule has 0 bridgehead atoms. The van der Waals surface area contributed by atoms with Crippen LogP contribution in [0.15, 0.2) is 36.4 Å². The maximum Gasteiger partial charge on any atom is 0.256 e. The van der Waals surface area contributed by atoms with E-state index in [9.17, 15) is 18.4 Å². The van der Waals surface area contributed by atoms with E-state index >= 15 is 0 Å². The Morgan fingerprint density at radius 1 is 1.03 bits per heavy atom. The van der Waals surface area contributed by atoms with Gasteiger partial charge in [-0.15, -0.1) is 0 Å². The van der Waals surface area contributed by atoms with Gasteiger partial charge in [0, 0.05) is 41.3 Å². The summed E-state index contributed by atoms with van der Waals surface area (Å²) >= 11 is 0. The number of aromatic nitrogens is 1. The van der Waals surface area contributed by atoms with E-state index in [1.165, 1.54) is 12.1 Å². The third-order valence-corrected chi connectivity index (χ3v) is 6.44. The fourth-order valence-corrected chi connectivity index (χ4v) is 4.79. The number of fused-ring (bicyclic) bond motifs is 1. The number of amides is 2. The zero-order valence-electron chi connectivity index (χ0n) is 18.4. The van der Waals surface area contributed by atoms with Crippen molar-refractivity contribution in [2.45, 2.75) is 26.7 Å². The van der Waals surface area contributed by atoms with Gasteiger partial charge in [-0.2, -0.15) is 0 Å². The molecule has 0 atom stereocenters. The van der Waals surface area contributed by atoms with Crippen molar-refractivity contribution in [2.24, 2.45) is 0 Å². The van der Waals surface area contributed by atoms with Gasteiger partial charge in [-0.1, -0.05) is 24.3 Å². The largest absolute Gasteiger partial charge is 0.358 e. The van der Waals surface area contributed by atoms with Crippen LogP contribution in [-0.2, 0) is 4.79 Å². The summed E-state index contributed by atoms with van der Waals surface area (Å²) < 4.78 is 28.5. The maximum absolute atomic E-state index is 14.6. The van der Waals surface area contributed by atoms with Crippen LogP contribution in [0.5, 0.6) is 0 Å². The van der Waals surface area contributed by atoms with E-state index in [2.05, 4.69) is 10.3 Å². The summed E-state index contributed by atoms with van der Waals surface area (Å²) in [5, 5.41) is 2.81. The summed E-state index contributed by atoms with van der Waals surface area (Å²) in [6, 6.07) is 9.08. The predicted octanol–water partition coefficient (Wildman–Crippen LogP) is 5.31. The minimum absolute atomic E-state index is 0.0119. The summed E-state index contributed by atoms with van der Waals surface area (Å²) in [6.07, 6.45) is 3.69. The number of carbonyl (C=O) groups excluding carboxylic acids is 2. The normalized spacial score (nSPS) is 16.4. The number of anilines is 1.